The van der Waals surface area contributed by atoms with Crippen molar-refractivity contribution in [2.75, 3.05) is 32.7 Å². The van der Waals surface area contributed by atoms with Crippen molar-refractivity contribution < 1.29 is 14.0 Å². The SMILES string of the molecule is CC1CN(Cc2ccc(F)cc2)CCN1C(=O)C=Cc1ccc(Cl)cc1C(=O)NC1CCN(Cc2ccccc2)CC1. The molecule has 2 aliphatic heterocycles. The van der Waals surface area contributed by atoms with E-state index in [1.165, 1.54) is 17.7 Å². The number of hydrogen-bond acceptors (Lipinski definition) is 4. The summed E-state index contributed by atoms with van der Waals surface area (Å²) < 4.78 is 13.2. The molecule has 2 aliphatic rings. The Kier molecular flexibility index (Phi) is 10.1. The number of piperazine rings is 1. The average Bonchev–Trinajstić information content (AvgIpc) is 2.99. The van der Waals surface area contributed by atoms with Crippen molar-refractivity contribution >= 4 is 29.5 Å². The van der Waals surface area contributed by atoms with E-state index in [4.69, 9.17) is 11.6 Å². The second-order valence-electron chi connectivity index (χ2n) is 11.3. The van der Waals surface area contributed by atoms with Gasteiger partial charge in [-0.15, -0.1) is 0 Å². The predicted octanol–water partition coefficient (Wildman–Crippen LogP) is 5.62. The van der Waals surface area contributed by atoms with Crippen LogP contribution in [0.2, 0.25) is 5.02 Å². The van der Waals surface area contributed by atoms with Gasteiger partial charge in [-0.1, -0.05) is 60.1 Å². The first-order chi connectivity index (χ1) is 20.3. The van der Waals surface area contributed by atoms with Crippen molar-refractivity contribution in [3.05, 3.63) is 112 Å². The van der Waals surface area contributed by atoms with Crippen LogP contribution in [0, 0.1) is 5.82 Å². The first-order valence-electron chi connectivity index (χ1n) is 14.7. The Hall–Kier alpha value is -3.52. The topological polar surface area (TPSA) is 55.9 Å². The Balaban J connectivity index is 1.15. The lowest BCUT2D eigenvalue weighted by atomic mass is 10.0. The van der Waals surface area contributed by atoms with Crippen LogP contribution in [0.3, 0.4) is 0 Å². The summed E-state index contributed by atoms with van der Waals surface area (Å²) in [5.74, 6) is -0.500. The molecule has 2 fully saturated rings. The van der Waals surface area contributed by atoms with Gasteiger partial charge in [-0.2, -0.15) is 0 Å². The van der Waals surface area contributed by atoms with Crippen LogP contribution in [-0.4, -0.2) is 71.3 Å². The summed E-state index contributed by atoms with van der Waals surface area (Å²) in [5.41, 5.74) is 3.48. The highest BCUT2D eigenvalue weighted by Gasteiger charge is 2.27. The van der Waals surface area contributed by atoms with Crippen LogP contribution < -0.4 is 5.32 Å². The number of likely N-dealkylation sites (tertiary alicyclic amines) is 1. The van der Waals surface area contributed by atoms with Crippen molar-refractivity contribution in [3.8, 4) is 0 Å². The number of carbonyl (C=O) groups excluding carboxylic acids is 2. The zero-order valence-electron chi connectivity index (χ0n) is 24.0. The Morgan fingerprint density at radius 2 is 1.60 bits per heavy atom. The van der Waals surface area contributed by atoms with Crippen LogP contribution in [0.15, 0.2) is 78.9 Å². The summed E-state index contributed by atoms with van der Waals surface area (Å²) in [7, 11) is 0. The van der Waals surface area contributed by atoms with E-state index in [9.17, 15) is 14.0 Å². The molecule has 1 N–H and O–H groups in total. The summed E-state index contributed by atoms with van der Waals surface area (Å²) >= 11 is 6.27. The van der Waals surface area contributed by atoms with E-state index in [1.807, 2.05) is 17.9 Å². The molecule has 0 aliphatic carbocycles. The van der Waals surface area contributed by atoms with Crippen molar-refractivity contribution in [3.63, 3.8) is 0 Å². The molecule has 0 spiro atoms. The summed E-state index contributed by atoms with van der Waals surface area (Å²) in [6.07, 6.45) is 5.03. The zero-order valence-corrected chi connectivity index (χ0v) is 24.8. The number of amides is 2. The molecule has 2 heterocycles. The molecule has 2 amide bonds. The summed E-state index contributed by atoms with van der Waals surface area (Å²) in [5, 5.41) is 3.67. The van der Waals surface area contributed by atoms with Crippen LogP contribution in [0.25, 0.3) is 6.08 Å². The van der Waals surface area contributed by atoms with Crippen LogP contribution >= 0.6 is 11.6 Å². The third kappa shape index (κ3) is 8.06. The van der Waals surface area contributed by atoms with E-state index in [0.717, 1.165) is 57.7 Å². The predicted molar refractivity (Wildman–Crippen MR) is 166 cm³/mol. The second kappa shape index (κ2) is 14.1. The van der Waals surface area contributed by atoms with Crippen molar-refractivity contribution in [1.82, 2.24) is 20.0 Å². The maximum atomic E-state index is 13.3. The van der Waals surface area contributed by atoms with E-state index in [0.29, 0.717) is 22.7 Å². The van der Waals surface area contributed by atoms with Crippen LogP contribution in [0.5, 0.6) is 0 Å². The first-order valence-corrected chi connectivity index (χ1v) is 15.0. The highest BCUT2D eigenvalue weighted by Crippen LogP contribution is 2.21. The molecule has 0 aromatic heterocycles. The van der Waals surface area contributed by atoms with Gasteiger partial charge in [0.25, 0.3) is 5.91 Å². The largest absolute Gasteiger partial charge is 0.349 e. The zero-order chi connectivity index (χ0) is 29.5. The maximum absolute atomic E-state index is 13.3. The average molecular weight is 589 g/mol. The molecule has 3 aromatic carbocycles. The Morgan fingerprint density at radius 1 is 0.905 bits per heavy atom. The van der Waals surface area contributed by atoms with E-state index in [2.05, 4.69) is 39.4 Å². The smallest absolute Gasteiger partial charge is 0.252 e. The molecule has 1 atom stereocenters. The van der Waals surface area contributed by atoms with Gasteiger partial charge in [0.2, 0.25) is 5.91 Å². The highest BCUT2D eigenvalue weighted by molar-refractivity contribution is 6.31. The standard InChI is InChI=1S/C34H38ClFN4O2/c1-25-22-39(24-27-7-12-30(36)13-8-27)19-20-40(25)33(41)14-10-28-9-11-29(35)21-32(28)34(42)37-31-15-17-38(18-16-31)23-26-5-3-2-4-6-26/h2-14,21,25,31H,15-20,22-24H2,1H3,(H,37,42). The second-order valence-corrected chi connectivity index (χ2v) is 11.8. The normalized spacial score (nSPS) is 18.8. The number of nitrogens with zero attached hydrogens (tertiary/aromatic N) is 3. The summed E-state index contributed by atoms with van der Waals surface area (Å²) in [4.78, 5) is 33.0. The Morgan fingerprint density at radius 3 is 2.31 bits per heavy atom. The van der Waals surface area contributed by atoms with Crippen LogP contribution in [0.1, 0.15) is 46.8 Å². The third-order valence-corrected chi connectivity index (χ3v) is 8.39. The maximum Gasteiger partial charge on any atom is 0.252 e. The van der Waals surface area contributed by atoms with Gasteiger partial charge >= 0.3 is 0 Å². The van der Waals surface area contributed by atoms with Crippen molar-refractivity contribution in [2.24, 2.45) is 0 Å². The number of rotatable bonds is 8. The fourth-order valence-corrected chi connectivity index (χ4v) is 5.99. The monoisotopic (exact) mass is 588 g/mol. The van der Waals surface area contributed by atoms with Crippen LogP contribution in [-0.2, 0) is 17.9 Å². The number of halogens is 2. The van der Waals surface area contributed by atoms with E-state index in [1.54, 1.807) is 42.5 Å². The van der Waals surface area contributed by atoms with Crippen LogP contribution in [0.4, 0.5) is 4.39 Å². The van der Waals surface area contributed by atoms with Gasteiger partial charge in [0.15, 0.2) is 0 Å². The van der Waals surface area contributed by atoms with Gasteiger partial charge in [0.05, 0.1) is 0 Å². The molecular weight excluding hydrogens is 551 g/mol. The fraction of sp³-hybridized carbons (Fsp3) is 0.353. The number of carbonyl (C=O) groups is 2. The molecule has 0 bridgehead atoms. The minimum atomic E-state index is -0.240. The van der Waals surface area contributed by atoms with E-state index >= 15 is 0 Å². The summed E-state index contributed by atoms with van der Waals surface area (Å²) in [6, 6.07) is 22.3. The minimum absolute atomic E-state index is 0.0251. The molecule has 3 aromatic rings. The van der Waals surface area contributed by atoms with Gasteiger partial charge in [-0.3, -0.25) is 19.4 Å². The van der Waals surface area contributed by atoms with Crippen molar-refractivity contribution in [2.45, 2.75) is 44.9 Å². The lowest BCUT2D eigenvalue weighted by Gasteiger charge is -2.39. The lowest BCUT2D eigenvalue weighted by Crippen LogP contribution is -2.53. The molecule has 0 radical (unpaired) electrons. The lowest BCUT2D eigenvalue weighted by molar-refractivity contribution is -0.130. The van der Waals surface area contributed by atoms with Gasteiger partial charge < -0.3 is 10.2 Å². The Bertz CT molecular complexity index is 1390. The molecule has 220 valence electrons. The molecule has 6 nitrogen and oxygen atoms in total. The van der Waals surface area contributed by atoms with Gasteiger partial charge in [-0.25, -0.2) is 4.39 Å². The van der Waals surface area contributed by atoms with Crippen molar-refractivity contribution in [1.29, 1.82) is 0 Å². The van der Waals surface area contributed by atoms with E-state index < -0.39 is 0 Å². The number of nitrogens with one attached hydrogen (secondary N) is 1. The number of benzene rings is 3. The molecular formula is C34H38ClFN4O2. The molecule has 1 unspecified atom stereocenters. The first kappa shape index (κ1) is 30.0. The third-order valence-electron chi connectivity index (χ3n) is 8.15. The Labute approximate surface area is 252 Å². The van der Waals surface area contributed by atoms with E-state index in [-0.39, 0.29) is 29.7 Å². The minimum Gasteiger partial charge on any atom is -0.349 e. The van der Waals surface area contributed by atoms with Gasteiger partial charge in [0, 0.05) is 74.6 Å². The molecule has 2 saturated heterocycles. The molecule has 42 heavy (non-hydrogen) atoms. The van der Waals surface area contributed by atoms with Gasteiger partial charge in [0.1, 0.15) is 5.82 Å². The quantitative estimate of drug-likeness (QED) is 0.347. The molecule has 5 rings (SSSR count). The fourth-order valence-electron chi connectivity index (χ4n) is 5.82. The molecule has 0 saturated carbocycles. The van der Waals surface area contributed by atoms with Gasteiger partial charge in [-0.05, 0) is 66.8 Å². The number of hydrogen-bond donors (Lipinski definition) is 1. The number of piperidine rings is 1. The summed E-state index contributed by atoms with van der Waals surface area (Å²) in [6.45, 7) is 7.59. The molecule has 8 heteroatoms. The highest BCUT2D eigenvalue weighted by atomic mass is 35.5.